The molecule has 2 aromatic heterocycles. The average molecular weight is 377 g/mol. The van der Waals surface area contributed by atoms with Crippen LogP contribution >= 0.6 is 11.3 Å². The molecule has 0 bridgehead atoms. The summed E-state index contributed by atoms with van der Waals surface area (Å²) in [6.07, 6.45) is 0. The number of hydrogen-bond acceptors (Lipinski definition) is 5. The van der Waals surface area contributed by atoms with Gasteiger partial charge in [-0.1, -0.05) is 12.1 Å². The Kier molecular flexibility index (Phi) is 4.10. The standard InChI is InChI=1S/C20H19N5OS/c26-20(14-5-6-17-18(11-14)27-13-21-17)25-9-7-24(8-10-25)12-19-22-15-3-1-2-4-16(15)23-19/h1-6,11,13H,7-10,12H2,(H,22,23). The number of rotatable bonds is 3. The van der Waals surface area contributed by atoms with Gasteiger partial charge >= 0.3 is 0 Å². The minimum atomic E-state index is 0.105. The molecule has 1 fully saturated rings. The van der Waals surface area contributed by atoms with Crippen LogP contribution in [0.4, 0.5) is 0 Å². The van der Waals surface area contributed by atoms with Crippen LogP contribution in [0.5, 0.6) is 0 Å². The van der Waals surface area contributed by atoms with Gasteiger partial charge in [-0.25, -0.2) is 9.97 Å². The second-order valence-corrected chi connectivity index (χ2v) is 7.69. The number of aromatic nitrogens is 3. The zero-order valence-electron chi connectivity index (χ0n) is 14.8. The van der Waals surface area contributed by atoms with E-state index < -0.39 is 0 Å². The molecular formula is C20H19N5OS. The molecule has 136 valence electrons. The molecule has 1 aliphatic heterocycles. The Bertz CT molecular complexity index is 1080. The van der Waals surface area contributed by atoms with Crippen LogP contribution in [0, 0.1) is 0 Å². The summed E-state index contributed by atoms with van der Waals surface area (Å²) in [4.78, 5) is 29.4. The van der Waals surface area contributed by atoms with E-state index in [9.17, 15) is 4.79 Å². The Morgan fingerprint density at radius 3 is 2.78 bits per heavy atom. The maximum absolute atomic E-state index is 12.8. The van der Waals surface area contributed by atoms with Crippen molar-refractivity contribution in [1.29, 1.82) is 0 Å². The highest BCUT2D eigenvalue weighted by atomic mass is 32.1. The maximum Gasteiger partial charge on any atom is 0.253 e. The summed E-state index contributed by atoms with van der Waals surface area (Å²) in [5.41, 5.74) is 5.58. The molecule has 1 amide bonds. The van der Waals surface area contributed by atoms with Crippen molar-refractivity contribution in [2.75, 3.05) is 26.2 Å². The quantitative estimate of drug-likeness (QED) is 0.596. The van der Waals surface area contributed by atoms with Crippen molar-refractivity contribution in [2.45, 2.75) is 6.54 Å². The van der Waals surface area contributed by atoms with Gasteiger partial charge in [-0.2, -0.15) is 0 Å². The van der Waals surface area contributed by atoms with E-state index in [1.807, 2.05) is 52.9 Å². The Balaban J connectivity index is 1.23. The molecule has 1 N–H and O–H groups in total. The van der Waals surface area contributed by atoms with Crippen LogP contribution in [0.15, 0.2) is 48.0 Å². The van der Waals surface area contributed by atoms with Crippen molar-refractivity contribution < 1.29 is 4.79 Å². The highest BCUT2D eigenvalue weighted by Gasteiger charge is 2.23. The van der Waals surface area contributed by atoms with Gasteiger partial charge in [-0.05, 0) is 30.3 Å². The lowest BCUT2D eigenvalue weighted by atomic mass is 10.1. The predicted molar refractivity (Wildman–Crippen MR) is 107 cm³/mol. The van der Waals surface area contributed by atoms with Gasteiger partial charge in [0.2, 0.25) is 0 Å². The summed E-state index contributed by atoms with van der Waals surface area (Å²) >= 11 is 1.57. The molecule has 1 aliphatic rings. The molecule has 7 heteroatoms. The van der Waals surface area contributed by atoms with E-state index in [1.54, 1.807) is 11.3 Å². The first-order valence-electron chi connectivity index (χ1n) is 9.05. The van der Waals surface area contributed by atoms with E-state index in [-0.39, 0.29) is 5.91 Å². The average Bonchev–Trinajstić information content (AvgIpc) is 3.33. The fraction of sp³-hybridized carbons (Fsp3) is 0.250. The van der Waals surface area contributed by atoms with E-state index in [0.717, 1.165) is 65.4 Å². The van der Waals surface area contributed by atoms with Crippen molar-refractivity contribution in [3.05, 3.63) is 59.4 Å². The summed E-state index contributed by atoms with van der Waals surface area (Å²) in [5, 5.41) is 0. The molecule has 0 spiro atoms. The number of fused-ring (bicyclic) bond motifs is 2. The summed E-state index contributed by atoms with van der Waals surface area (Å²) in [5.74, 6) is 1.08. The number of nitrogens with zero attached hydrogens (tertiary/aromatic N) is 4. The molecule has 0 radical (unpaired) electrons. The van der Waals surface area contributed by atoms with E-state index in [4.69, 9.17) is 0 Å². The number of amides is 1. The largest absolute Gasteiger partial charge is 0.341 e. The SMILES string of the molecule is O=C(c1ccc2ncsc2c1)N1CCN(Cc2nc3ccccc3[nH]2)CC1. The van der Waals surface area contributed by atoms with Crippen molar-refractivity contribution in [1.82, 2.24) is 24.8 Å². The van der Waals surface area contributed by atoms with Crippen LogP contribution < -0.4 is 0 Å². The van der Waals surface area contributed by atoms with E-state index in [0.29, 0.717) is 0 Å². The Labute approximate surface area is 160 Å². The van der Waals surface area contributed by atoms with Crippen LogP contribution in [0.2, 0.25) is 0 Å². The third-order valence-corrected chi connectivity index (χ3v) is 5.84. The molecule has 2 aromatic carbocycles. The number of carbonyl (C=O) groups is 1. The van der Waals surface area contributed by atoms with Crippen molar-refractivity contribution in [2.24, 2.45) is 0 Å². The second-order valence-electron chi connectivity index (χ2n) is 6.80. The highest BCUT2D eigenvalue weighted by molar-refractivity contribution is 7.16. The Morgan fingerprint density at radius 2 is 1.93 bits per heavy atom. The molecule has 0 atom stereocenters. The summed E-state index contributed by atoms with van der Waals surface area (Å²) < 4.78 is 1.06. The number of carbonyl (C=O) groups excluding carboxylic acids is 1. The van der Waals surface area contributed by atoms with Crippen molar-refractivity contribution >= 4 is 38.5 Å². The van der Waals surface area contributed by atoms with Gasteiger partial charge < -0.3 is 9.88 Å². The van der Waals surface area contributed by atoms with Gasteiger partial charge in [0, 0.05) is 31.7 Å². The van der Waals surface area contributed by atoms with Gasteiger partial charge in [0.1, 0.15) is 5.82 Å². The highest BCUT2D eigenvalue weighted by Crippen LogP contribution is 2.20. The van der Waals surface area contributed by atoms with Gasteiger partial charge in [0.05, 0.1) is 33.3 Å². The van der Waals surface area contributed by atoms with Crippen LogP contribution in [-0.4, -0.2) is 56.8 Å². The van der Waals surface area contributed by atoms with E-state index in [1.165, 1.54) is 0 Å². The third-order valence-electron chi connectivity index (χ3n) is 5.05. The normalized spacial score (nSPS) is 15.6. The molecule has 6 nitrogen and oxygen atoms in total. The second kappa shape index (κ2) is 6.75. The number of aromatic amines is 1. The monoisotopic (exact) mass is 377 g/mol. The summed E-state index contributed by atoms with van der Waals surface area (Å²) in [7, 11) is 0. The lowest BCUT2D eigenvalue weighted by Crippen LogP contribution is -2.48. The van der Waals surface area contributed by atoms with Gasteiger partial charge in [-0.3, -0.25) is 9.69 Å². The number of H-pyrrole nitrogens is 1. The predicted octanol–water partition coefficient (Wildman–Crippen LogP) is 3.13. The number of thiazole rings is 1. The molecule has 5 rings (SSSR count). The van der Waals surface area contributed by atoms with Crippen LogP contribution in [0.1, 0.15) is 16.2 Å². The molecule has 27 heavy (non-hydrogen) atoms. The Morgan fingerprint density at radius 1 is 1.07 bits per heavy atom. The first kappa shape index (κ1) is 16.4. The zero-order chi connectivity index (χ0) is 18.2. The number of benzene rings is 2. The molecule has 4 aromatic rings. The lowest BCUT2D eigenvalue weighted by molar-refractivity contribution is 0.0626. The van der Waals surface area contributed by atoms with E-state index in [2.05, 4.69) is 19.9 Å². The topological polar surface area (TPSA) is 65.1 Å². The fourth-order valence-corrected chi connectivity index (χ4v) is 4.29. The summed E-state index contributed by atoms with van der Waals surface area (Å²) in [6.45, 7) is 3.96. The molecule has 0 saturated carbocycles. The molecule has 3 heterocycles. The zero-order valence-corrected chi connectivity index (χ0v) is 15.6. The molecule has 0 aliphatic carbocycles. The van der Waals surface area contributed by atoms with Crippen molar-refractivity contribution in [3.63, 3.8) is 0 Å². The number of para-hydroxylation sites is 2. The minimum Gasteiger partial charge on any atom is -0.341 e. The van der Waals surface area contributed by atoms with Crippen LogP contribution in [0.3, 0.4) is 0 Å². The Hall–Kier alpha value is -2.77. The number of piperazine rings is 1. The van der Waals surface area contributed by atoms with Crippen LogP contribution in [-0.2, 0) is 6.54 Å². The number of imidazole rings is 1. The smallest absolute Gasteiger partial charge is 0.253 e. The van der Waals surface area contributed by atoms with Gasteiger partial charge in [0.25, 0.3) is 5.91 Å². The molecular weight excluding hydrogens is 358 g/mol. The van der Waals surface area contributed by atoms with Gasteiger partial charge in [0.15, 0.2) is 0 Å². The fourth-order valence-electron chi connectivity index (χ4n) is 3.57. The minimum absolute atomic E-state index is 0.105. The molecule has 0 unspecified atom stereocenters. The first-order valence-corrected chi connectivity index (χ1v) is 9.93. The number of nitrogens with one attached hydrogen (secondary N) is 1. The maximum atomic E-state index is 12.8. The first-order chi connectivity index (χ1) is 13.3. The summed E-state index contributed by atoms with van der Waals surface area (Å²) in [6, 6.07) is 13.8. The van der Waals surface area contributed by atoms with Crippen molar-refractivity contribution in [3.8, 4) is 0 Å². The van der Waals surface area contributed by atoms with Crippen LogP contribution in [0.25, 0.3) is 21.3 Å². The third kappa shape index (κ3) is 3.20. The van der Waals surface area contributed by atoms with E-state index >= 15 is 0 Å². The number of hydrogen-bond donors (Lipinski definition) is 1. The molecule has 1 saturated heterocycles. The lowest BCUT2D eigenvalue weighted by Gasteiger charge is -2.34. The van der Waals surface area contributed by atoms with Gasteiger partial charge in [-0.15, -0.1) is 11.3 Å².